The van der Waals surface area contributed by atoms with E-state index in [2.05, 4.69) is 9.78 Å². The fourth-order valence-corrected chi connectivity index (χ4v) is 0. The van der Waals surface area contributed by atoms with E-state index in [0.29, 0.717) is 0 Å². The van der Waals surface area contributed by atoms with Gasteiger partial charge in [-0.2, -0.15) is 0 Å². The average Bonchev–Trinajstić information content (AvgIpc) is 2.03. The summed E-state index contributed by atoms with van der Waals surface area (Å²) >= 11 is 0. The molecule has 0 aliphatic heterocycles. The van der Waals surface area contributed by atoms with E-state index in [9.17, 15) is 0 Å². The summed E-state index contributed by atoms with van der Waals surface area (Å²) in [4.78, 5) is 31.1. The second-order valence-corrected chi connectivity index (χ2v) is 0.644. The summed E-state index contributed by atoms with van der Waals surface area (Å²) in [7, 11) is 0. The first-order chi connectivity index (χ1) is 5.56. The Kier molecular flexibility index (Phi) is 92.1. The minimum absolute atomic E-state index is 0. The van der Waals surface area contributed by atoms with Gasteiger partial charge in [0.1, 0.15) is 0 Å². The Labute approximate surface area is 79.6 Å². The third kappa shape index (κ3) is 103000. The van der Waals surface area contributed by atoms with E-state index < -0.39 is 6.16 Å². The summed E-state index contributed by atoms with van der Waals surface area (Å²) in [6, 6.07) is 0. The second-order valence-electron chi connectivity index (χ2n) is 0.644. The smallest absolute Gasteiger partial charge is 0.330 e. The lowest BCUT2D eigenvalue weighted by Crippen LogP contribution is -2.37. The van der Waals surface area contributed by atoms with Crippen molar-refractivity contribution in [2.24, 2.45) is 0 Å². The maximum absolute atomic E-state index is 8.70. The highest BCUT2D eigenvalue weighted by molar-refractivity contribution is 5.47. The first-order valence-electron chi connectivity index (χ1n) is 1.90. The molecule has 0 rings (SSSR count). The van der Waals surface area contributed by atoms with Gasteiger partial charge < -0.3 is 35.5 Å². The van der Waals surface area contributed by atoms with Gasteiger partial charge in [0, 0.05) is 1.43 Å². The number of carboxylic acid groups (broad SMARTS) is 2. The predicted octanol–water partition coefficient (Wildman–Crippen LogP) is -3.67. The van der Waals surface area contributed by atoms with Crippen LogP contribution >= 0.6 is 0 Å². The van der Waals surface area contributed by atoms with Gasteiger partial charge in [-0.25, -0.2) is 5.26 Å². The standard InChI is InChI=1S/3CH2O3.CH4.H2O.H2/c2*2-1-4-3;2-1(3)4;;;/h2*1,3H;(H2,2,3,4);1H4;1H2;1H/p-4. The topological polar surface area (TPSA) is 189 Å². The molecule has 0 spiro atoms. The van der Waals surface area contributed by atoms with Gasteiger partial charge in [-0.05, 0) is 6.16 Å². The first kappa shape index (κ1) is 29.6. The molecular weight excluding hydrogens is 208 g/mol. The van der Waals surface area contributed by atoms with E-state index in [1.807, 2.05) is 0 Å². The van der Waals surface area contributed by atoms with Crippen LogP contribution in [0.25, 0.3) is 0 Å². The third-order valence-electron chi connectivity index (χ3n) is 0.0823. The Morgan fingerprint density at radius 1 is 1.29 bits per heavy atom. The van der Waals surface area contributed by atoms with E-state index in [1.165, 1.54) is 0 Å². The van der Waals surface area contributed by atoms with Crippen molar-refractivity contribution in [3.63, 3.8) is 0 Å². The Morgan fingerprint density at radius 3 is 1.43 bits per heavy atom. The number of hydrogen-bond acceptors (Lipinski definition) is 10. The van der Waals surface area contributed by atoms with Crippen LogP contribution in [0.15, 0.2) is 0 Å². The molecule has 0 aliphatic carbocycles. The van der Waals surface area contributed by atoms with Gasteiger partial charge in [-0.3, -0.25) is 9.59 Å². The molecule has 14 heavy (non-hydrogen) atoms. The zero-order chi connectivity index (χ0) is 10.4. The molecule has 0 amide bonds. The van der Waals surface area contributed by atoms with Gasteiger partial charge in [0.25, 0.3) is 6.47 Å². The van der Waals surface area contributed by atoms with Crippen LogP contribution in [0.2, 0.25) is 0 Å². The lowest BCUT2D eigenvalue weighted by atomic mass is 11.5. The van der Waals surface area contributed by atoms with Crippen LogP contribution < -0.4 is 15.5 Å². The lowest BCUT2D eigenvalue weighted by molar-refractivity contribution is -0.652. The molecule has 0 saturated heterocycles. The van der Waals surface area contributed by atoms with Gasteiger partial charge in [-0.1, -0.05) is 7.43 Å². The predicted molar refractivity (Wildman–Crippen MR) is 33.1 cm³/mol. The van der Waals surface area contributed by atoms with Crippen LogP contribution in [-0.2, 0) is 19.4 Å². The number of carbonyl (C=O) groups is 3. The van der Waals surface area contributed by atoms with E-state index in [-0.39, 0.29) is 27.3 Å². The van der Waals surface area contributed by atoms with Gasteiger partial charge in [0.05, 0.1) is 0 Å². The van der Waals surface area contributed by atoms with Gasteiger partial charge >= 0.3 is 6.47 Å². The Hall–Kier alpha value is -1.91. The summed E-state index contributed by atoms with van der Waals surface area (Å²) in [6.07, 6.45) is -2.33. The van der Waals surface area contributed by atoms with E-state index in [4.69, 9.17) is 35.1 Å². The minimum Gasteiger partial charge on any atom is -0.870 e. The average molecular weight is 218 g/mol. The van der Waals surface area contributed by atoms with Gasteiger partial charge in [0.2, 0.25) is 0 Å². The monoisotopic (exact) mass is 218 g/mol. The maximum Gasteiger partial charge on any atom is 0.330 e. The van der Waals surface area contributed by atoms with Gasteiger partial charge in [0.15, 0.2) is 0 Å². The van der Waals surface area contributed by atoms with Crippen molar-refractivity contribution in [1.29, 1.82) is 0 Å². The molecule has 0 fully saturated rings. The van der Waals surface area contributed by atoms with Crippen molar-refractivity contribution in [3.8, 4) is 0 Å². The van der Waals surface area contributed by atoms with E-state index >= 15 is 0 Å². The Bertz CT molecular complexity index is 104. The quantitative estimate of drug-likeness (QED) is 0.274. The number of hydrogen-bond donors (Lipinski definition) is 1. The molecule has 0 aromatic rings. The minimum atomic E-state index is -2.33. The highest BCUT2D eigenvalue weighted by atomic mass is 17.1. The van der Waals surface area contributed by atoms with Crippen molar-refractivity contribution in [1.82, 2.24) is 0 Å². The van der Waals surface area contributed by atoms with Crippen molar-refractivity contribution >= 4 is 19.1 Å². The van der Waals surface area contributed by atoms with Gasteiger partial charge in [-0.15, -0.1) is 0 Å². The fourth-order valence-electron chi connectivity index (χ4n) is 0. The van der Waals surface area contributed by atoms with Crippen molar-refractivity contribution in [2.75, 3.05) is 0 Å². The zero-order valence-corrected chi connectivity index (χ0v) is 5.82. The number of rotatable bonds is 2. The molecule has 10 heteroatoms. The van der Waals surface area contributed by atoms with Crippen LogP contribution in [-0.4, -0.2) is 29.8 Å². The molecule has 0 saturated carbocycles. The Morgan fingerprint density at radius 2 is 1.43 bits per heavy atom. The van der Waals surface area contributed by atoms with Crippen molar-refractivity contribution in [2.45, 2.75) is 7.43 Å². The third-order valence-corrected chi connectivity index (χ3v) is 0.0823. The van der Waals surface area contributed by atoms with E-state index in [0.717, 1.165) is 0 Å². The molecule has 0 bridgehead atoms. The summed E-state index contributed by atoms with van der Waals surface area (Å²) < 4.78 is 0. The normalized spacial score (nSPS) is 4.71. The lowest BCUT2D eigenvalue weighted by Gasteiger charge is -1.96. The highest BCUT2D eigenvalue weighted by Gasteiger charge is 1.47. The Balaban J connectivity index is -0.0000000184. The molecule has 0 atom stereocenters. The van der Waals surface area contributed by atoms with Crippen LogP contribution in [0.4, 0.5) is 4.79 Å². The molecule has 10 nitrogen and oxygen atoms in total. The molecule has 0 unspecified atom stereocenters. The van der Waals surface area contributed by atoms with Crippen LogP contribution in [0.5, 0.6) is 0 Å². The van der Waals surface area contributed by atoms with E-state index in [1.54, 1.807) is 0 Å². The summed E-state index contributed by atoms with van der Waals surface area (Å²) in [5.41, 5.74) is 0. The summed E-state index contributed by atoms with van der Waals surface area (Å²) in [6.45, 7) is -0.250. The SMILES string of the molecule is C.O=C([O-])[O-].O=COO.O=CO[O-].[HH].[OH-]. The molecule has 90 valence electrons. The summed E-state index contributed by atoms with van der Waals surface area (Å²) in [5.74, 6) is 0. The van der Waals surface area contributed by atoms with Crippen LogP contribution in [0, 0.1) is 0 Å². The molecule has 0 heterocycles. The molecule has 0 radical (unpaired) electrons. The summed E-state index contributed by atoms with van der Waals surface area (Å²) in [5, 5.41) is 32.1. The molecule has 0 aromatic heterocycles. The molecule has 2 N–H and O–H groups in total. The molecule has 0 aliphatic rings. The van der Waals surface area contributed by atoms with Crippen molar-refractivity contribution < 1.29 is 51.8 Å². The highest BCUT2D eigenvalue weighted by Crippen LogP contribution is 1.33. The first-order valence-corrected chi connectivity index (χ1v) is 1.90. The molecular formula is C4H10O10-4. The largest absolute Gasteiger partial charge is 0.870 e. The zero-order valence-electron chi connectivity index (χ0n) is 5.82. The van der Waals surface area contributed by atoms with Crippen LogP contribution in [0.3, 0.4) is 0 Å². The molecule has 0 aromatic carbocycles. The van der Waals surface area contributed by atoms with Crippen LogP contribution in [0.1, 0.15) is 8.85 Å². The maximum atomic E-state index is 8.70. The fraction of sp³-hybridized carbons (Fsp3) is 0.250. The number of carbonyl (C=O) groups excluding carboxylic acids is 3. The second kappa shape index (κ2) is 43.6. The van der Waals surface area contributed by atoms with Crippen molar-refractivity contribution in [3.05, 3.63) is 0 Å².